The van der Waals surface area contributed by atoms with E-state index in [0.717, 1.165) is 32.1 Å². The fraction of sp³-hybridized carbons (Fsp3) is 0.882. The molecule has 0 saturated heterocycles. The van der Waals surface area contributed by atoms with Crippen molar-refractivity contribution in [2.75, 3.05) is 6.54 Å². The molecule has 0 aliphatic heterocycles. The Kier molecular flexibility index (Phi) is 8.40. The first kappa shape index (κ1) is 18.0. The molecule has 21 heavy (non-hydrogen) atoms. The standard InChI is InChI=1S/C17H31NO3/c1-2-3-4-5-6-8-11-15(19)18-14-17(16(20)21)12-9-7-10-13-17/h2-14H2,1H3,(H,18,19)(H,20,21). The normalized spacial score (nSPS) is 17.4. The van der Waals surface area contributed by atoms with Gasteiger partial charge in [-0.1, -0.05) is 58.3 Å². The Balaban J connectivity index is 2.20. The SMILES string of the molecule is CCCCCCCCC(=O)NCC1(C(=O)O)CCCCC1. The summed E-state index contributed by atoms with van der Waals surface area (Å²) in [5, 5.41) is 12.3. The fourth-order valence-electron chi connectivity index (χ4n) is 3.12. The molecule has 4 nitrogen and oxygen atoms in total. The van der Waals surface area contributed by atoms with Crippen molar-refractivity contribution in [1.82, 2.24) is 5.32 Å². The highest BCUT2D eigenvalue weighted by atomic mass is 16.4. The van der Waals surface area contributed by atoms with Crippen LogP contribution in [-0.4, -0.2) is 23.5 Å². The number of carboxylic acids is 1. The molecule has 0 bridgehead atoms. The molecule has 0 radical (unpaired) electrons. The summed E-state index contributed by atoms with van der Waals surface area (Å²) in [6.45, 7) is 2.49. The molecule has 0 heterocycles. The van der Waals surface area contributed by atoms with Crippen molar-refractivity contribution >= 4 is 11.9 Å². The minimum atomic E-state index is -0.748. The third-order valence-electron chi connectivity index (χ3n) is 4.65. The lowest BCUT2D eigenvalue weighted by molar-refractivity contribution is -0.151. The number of carbonyl (C=O) groups excluding carboxylic acids is 1. The van der Waals surface area contributed by atoms with Crippen LogP contribution in [0.1, 0.15) is 84.0 Å². The Bertz CT molecular complexity index is 322. The van der Waals surface area contributed by atoms with Crippen molar-refractivity contribution in [3.05, 3.63) is 0 Å². The quantitative estimate of drug-likeness (QED) is 0.601. The van der Waals surface area contributed by atoms with Gasteiger partial charge in [-0.15, -0.1) is 0 Å². The number of unbranched alkanes of at least 4 members (excludes halogenated alkanes) is 5. The molecule has 1 fully saturated rings. The summed E-state index contributed by atoms with van der Waals surface area (Å²) in [6.07, 6.45) is 11.9. The first-order valence-electron chi connectivity index (χ1n) is 8.61. The van der Waals surface area contributed by atoms with Gasteiger partial charge in [-0.3, -0.25) is 9.59 Å². The van der Waals surface area contributed by atoms with Crippen LogP contribution < -0.4 is 5.32 Å². The Morgan fingerprint density at radius 1 is 1.00 bits per heavy atom. The van der Waals surface area contributed by atoms with E-state index in [1.165, 1.54) is 25.7 Å². The van der Waals surface area contributed by atoms with Crippen LogP contribution in [0, 0.1) is 5.41 Å². The molecule has 2 N–H and O–H groups in total. The predicted molar refractivity (Wildman–Crippen MR) is 84.2 cm³/mol. The summed E-state index contributed by atoms with van der Waals surface area (Å²) in [4.78, 5) is 23.3. The second-order valence-corrected chi connectivity index (χ2v) is 6.44. The van der Waals surface area contributed by atoms with E-state index in [-0.39, 0.29) is 5.91 Å². The van der Waals surface area contributed by atoms with Crippen molar-refractivity contribution < 1.29 is 14.7 Å². The van der Waals surface area contributed by atoms with Gasteiger partial charge in [-0.2, -0.15) is 0 Å². The average molecular weight is 297 g/mol. The zero-order chi connectivity index (χ0) is 15.6. The van der Waals surface area contributed by atoms with E-state index in [1.807, 2.05) is 0 Å². The molecule has 1 rings (SSSR count). The second kappa shape index (κ2) is 9.80. The van der Waals surface area contributed by atoms with Gasteiger partial charge in [0.2, 0.25) is 5.91 Å². The molecule has 1 saturated carbocycles. The highest BCUT2D eigenvalue weighted by molar-refractivity contribution is 5.79. The maximum Gasteiger partial charge on any atom is 0.311 e. The number of carboxylic acid groups (broad SMARTS) is 1. The van der Waals surface area contributed by atoms with E-state index >= 15 is 0 Å². The van der Waals surface area contributed by atoms with Crippen LogP contribution in [-0.2, 0) is 9.59 Å². The molecule has 0 aromatic heterocycles. The van der Waals surface area contributed by atoms with Gasteiger partial charge in [-0.05, 0) is 19.3 Å². The van der Waals surface area contributed by atoms with E-state index in [1.54, 1.807) is 0 Å². The Hall–Kier alpha value is -1.06. The van der Waals surface area contributed by atoms with E-state index in [9.17, 15) is 14.7 Å². The molecule has 0 unspecified atom stereocenters. The summed E-state index contributed by atoms with van der Waals surface area (Å²) in [5.74, 6) is -0.737. The minimum Gasteiger partial charge on any atom is -0.481 e. The number of aliphatic carboxylic acids is 1. The number of nitrogens with one attached hydrogen (secondary N) is 1. The molecular weight excluding hydrogens is 266 g/mol. The predicted octanol–water partition coefficient (Wildman–Crippen LogP) is 3.89. The maximum absolute atomic E-state index is 11.8. The lowest BCUT2D eigenvalue weighted by Crippen LogP contribution is -2.44. The van der Waals surface area contributed by atoms with E-state index in [2.05, 4.69) is 12.2 Å². The van der Waals surface area contributed by atoms with E-state index in [4.69, 9.17) is 0 Å². The second-order valence-electron chi connectivity index (χ2n) is 6.44. The number of hydrogen-bond acceptors (Lipinski definition) is 2. The van der Waals surface area contributed by atoms with Gasteiger partial charge < -0.3 is 10.4 Å². The largest absolute Gasteiger partial charge is 0.481 e. The third-order valence-corrected chi connectivity index (χ3v) is 4.65. The first-order valence-corrected chi connectivity index (χ1v) is 8.61. The van der Waals surface area contributed by atoms with Gasteiger partial charge in [0.1, 0.15) is 0 Å². The van der Waals surface area contributed by atoms with Crippen molar-refractivity contribution in [2.24, 2.45) is 5.41 Å². The highest BCUT2D eigenvalue weighted by Gasteiger charge is 2.39. The molecule has 0 aromatic rings. The van der Waals surface area contributed by atoms with E-state index < -0.39 is 11.4 Å². The highest BCUT2D eigenvalue weighted by Crippen LogP contribution is 2.36. The van der Waals surface area contributed by atoms with Crippen LogP contribution in [0.5, 0.6) is 0 Å². The van der Waals surface area contributed by atoms with Crippen LogP contribution in [0.15, 0.2) is 0 Å². The van der Waals surface area contributed by atoms with Crippen LogP contribution in [0.4, 0.5) is 0 Å². The first-order chi connectivity index (χ1) is 10.1. The molecule has 0 spiro atoms. The van der Waals surface area contributed by atoms with Gasteiger partial charge in [0.15, 0.2) is 0 Å². The van der Waals surface area contributed by atoms with Crippen LogP contribution in [0.25, 0.3) is 0 Å². The van der Waals surface area contributed by atoms with Crippen LogP contribution >= 0.6 is 0 Å². The molecule has 0 atom stereocenters. The fourth-order valence-corrected chi connectivity index (χ4v) is 3.12. The molecular formula is C17H31NO3. The number of carbonyl (C=O) groups is 2. The summed E-state index contributed by atoms with van der Waals surface area (Å²) in [6, 6.07) is 0. The number of rotatable bonds is 10. The Morgan fingerprint density at radius 3 is 2.24 bits per heavy atom. The van der Waals surface area contributed by atoms with Crippen molar-refractivity contribution in [3.63, 3.8) is 0 Å². The van der Waals surface area contributed by atoms with Crippen molar-refractivity contribution in [3.8, 4) is 0 Å². The number of amides is 1. The van der Waals surface area contributed by atoms with Crippen molar-refractivity contribution in [1.29, 1.82) is 0 Å². The lowest BCUT2D eigenvalue weighted by atomic mass is 9.74. The molecule has 122 valence electrons. The minimum absolute atomic E-state index is 0.0108. The van der Waals surface area contributed by atoms with Crippen LogP contribution in [0.2, 0.25) is 0 Å². The topological polar surface area (TPSA) is 66.4 Å². The summed E-state index contributed by atoms with van der Waals surface area (Å²) < 4.78 is 0. The molecule has 1 amide bonds. The van der Waals surface area contributed by atoms with Gasteiger partial charge >= 0.3 is 5.97 Å². The molecule has 0 aromatic carbocycles. The zero-order valence-electron chi connectivity index (χ0n) is 13.5. The van der Waals surface area contributed by atoms with Gasteiger partial charge in [0.05, 0.1) is 5.41 Å². The monoisotopic (exact) mass is 297 g/mol. The Labute approximate surface area is 128 Å². The smallest absolute Gasteiger partial charge is 0.311 e. The van der Waals surface area contributed by atoms with Crippen LogP contribution in [0.3, 0.4) is 0 Å². The summed E-state index contributed by atoms with van der Waals surface area (Å²) in [7, 11) is 0. The molecule has 1 aliphatic rings. The third kappa shape index (κ3) is 6.49. The Morgan fingerprint density at radius 2 is 1.62 bits per heavy atom. The molecule has 1 aliphatic carbocycles. The van der Waals surface area contributed by atoms with Crippen molar-refractivity contribution in [2.45, 2.75) is 84.0 Å². The van der Waals surface area contributed by atoms with Gasteiger partial charge in [-0.25, -0.2) is 0 Å². The molecule has 4 heteroatoms. The lowest BCUT2D eigenvalue weighted by Gasteiger charge is -2.33. The van der Waals surface area contributed by atoms with Gasteiger partial charge in [0, 0.05) is 13.0 Å². The summed E-state index contributed by atoms with van der Waals surface area (Å²) in [5.41, 5.74) is -0.713. The average Bonchev–Trinajstić information content (AvgIpc) is 2.49. The van der Waals surface area contributed by atoms with Gasteiger partial charge in [0.25, 0.3) is 0 Å². The summed E-state index contributed by atoms with van der Waals surface area (Å²) >= 11 is 0. The number of hydrogen-bond donors (Lipinski definition) is 2. The zero-order valence-corrected chi connectivity index (χ0v) is 13.5. The maximum atomic E-state index is 11.8. The van der Waals surface area contributed by atoms with E-state index in [0.29, 0.717) is 25.8 Å².